The number of pyridine rings is 1. The van der Waals surface area contributed by atoms with E-state index in [4.69, 9.17) is 10.8 Å². The molecule has 1 heterocycles. The van der Waals surface area contributed by atoms with Crippen molar-refractivity contribution < 1.29 is 13.9 Å². The zero-order valence-electron chi connectivity index (χ0n) is 6.38. The predicted molar refractivity (Wildman–Crippen MR) is 40.0 cm³/mol. The van der Waals surface area contributed by atoms with Crippen molar-refractivity contribution >= 4 is 5.82 Å². The smallest absolute Gasteiger partial charge is 0.267 e. The summed E-state index contributed by atoms with van der Waals surface area (Å²) < 4.78 is 24.5. The Bertz CT molecular complexity index is 302. The third kappa shape index (κ3) is 1.30. The number of hydrogen-bond donors (Lipinski definition) is 2. The third-order valence-electron chi connectivity index (χ3n) is 1.61. The first kappa shape index (κ1) is 8.70. The third-order valence-corrected chi connectivity index (χ3v) is 1.61. The summed E-state index contributed by atoms with van der Waals surface area (Å²) in [6.45, 7) is 1.39. The first-order chi connectivity index (χ1) is 5.54. The summed E-state index contributed by atoms with van der Waals surface area (Å²) in [5.74, 6) is -0.500. The Morgan fingerprint density at radius 1 is 1.58 bits per heavy atom. The molecule has 0 aliphatic heterocycles. The van der Waals surface area contributed by atoms with Gasteiger partial charge in [0.1, 0.15) is 11.6 Å². The van der Waals surface area contributed by atoms with Gasteiger partial charge in [-0.05, 0) is 6.92 Å². The molecule has 0 amide bonds. The Morgan fingerprint density at radius 2 is 2.17 bits per heavy atom. The molecule has 3 nitrogen and oxygen atoms in total. The van der Waals surface area contributed by atoms with Crippen molar-refractivity contribution in [2.45, 2.75) is 13.3 Å². The molecular formula is C7H8F2N2O. The molecule has 66 valence electrons. The van der Waals surface area contributed by atoms with Crippen LogP contribution >= 0.6 is 0 Å². The maximum absolute atomic E-state index is 12.2. The van der Waals surface area contributed by atoms with Gasteiger partial charge in [-0.3, -0.25) is 0 Å². The highest BCUT2D eigenvalue weighted by atomic mass is 19.3. The van der Waals surface area contributed by atoms with Gasteiger partial charge in [0, 0.05) is 5.56 Å². The van der Waals surface area contributed by atoms with Crippen molar-refractivity contribution in [2.75, 3.05) is 5.73 Å². The second-order valence-electron chi connectivity index (χ2n) is 2.37. The second-order valence-corrected chi connectivity index (χ2v) is 2.37. The number of nitrogens with zero attached hydrogens (tertiary/aromatic N) is 1. The number of hydrogen-bond acceptors (Lipinski definition) is 3. The van der Waals surface area contributed by atoms with Crippen LogP contribution in [0.5, 0.6) is 5.75 Å². The minimum absolute atomic E-state index is 0.0168. The van der Waals surface area contributed by atoms with Crippen LogP contribution in [-0.2, 0) is 0 Å². The number of nitrogens with two attached hydrogens (primary N) is 1. The SMILES string of the molecule is Cc1c(N)ncc(O)c1C(F)F. The van der Waals surface area contributed by atoms with E-state index in [-0.39, 0.29) is 11.4 Å². The largest absolute Gasteiger partial charge is 0.506 e. The molecule has 0 radical (unpaired) electrons. The van der Waals surface area contributed by atoms with Crippen molar-refractivity contribution in [3.05, 3.63) is 17.3 Å². The molecule has 5 heteroatoms. The van der Waals surface area contributed by atoms with E-state index in [0.717, 1.165) is 6.20 Å². The van der Waals surface area contributed by atoms with Gasteiger partial charge in [-0.1, -0.05) is 0 Å². The fourth-order valence-electron chi connectivity index (χ4n) is 0.903. The van der Waals surface area contributed by atoms with Gasteiger partial charge >= 0.3 is 0 Å². The maximum Gasteiger partial charge on any atom is 0.267 e. The van der Waals surface area contributed by atoms with E-state index in [9.17, 15) is 8.78 Å². The van der Waals surface area contributed by atoms with Crippen molar-refractivity contribution in [1.82, 2.24) is 4.98 Å². The van der Waals surface area contributed by atoms with Crippen LogP contribution in [-0.4, -0.2) is 10.1 Å². The van der Waals surface area contributed by atoms with E-state index in [1.54, 1.807) is 0 Å². The van der Waals surface area contributed by atoms with Crippen LogP contribution < -0.4 is 5.73 Å². The number of rotatable bonds is 1. The lowest BCUT2D eigenvalue weighted by molar-refractivity contribution is 0.146. The molecule has 0 aromatic carbocycles. The molecule has 0 bridgehead atoms. The van der Waals surface area contributed by atoms with Crippen molar-refractivity contribution in [3.8, 4) is 5.75 Å². The van der Waals surface area contributed by atoms with E-state index in [1.807, 2.05) is 0 Å². The second kappa shape index (κ2) is 2.92. The summed E-state index contributed by atoms with van der Waals surface area (Å²) in [7, 11) is 0. The Labute approximate surface area is 67.8 Å². The average Bonchev–Trinajstić information content (AvgIpc) is 1.97. The molecule has 0 spiro atoms. The molecule has 0 saturated heterocycles. The van der Waals surface area contributed by atoms with Crippen LogP contribution in [0.1, 0.15) is 17.6 Å². The average molecular weight is 174 g/mol. The minimum Gasteiger partial charge on any atom is -0.506 e. The Balaban J connectivity index is 3.33. The molecule has 3 N–H and O–H groups in total. The molecule has 0 atom stereocenters. The summed E-state index contributed by atoms with van der Waals surface area (Å²) in [5, 5.41) is 8.99. The number of aromatic nitrogens is 1. The summed E-state index contributed by atoms with van der Waals surface area (Å²) in [4.78, 5) is 3.52. The molecule has 0 saturated carbocycles. The monoisotopic (exact) mass is 174 g/mol. The number of nitrogen functional groups attached to an aromatic ring is 1. The summed E-state index contributed by atoms with van der Waals surface area (Å²) in [5.41, 5.74) is 4.96. The highest BCUT2D eigenvalue weighted by molar-refractivity contribution is 5.49. The summed E-state index contributed by atoms with van der Waals surface area (Å²) in [6, 6.07) is 0. The maximum atomic E-state index is 12.2. The van der Waals surface area contributed by atoms with Crippen molar-refractivity contribution in [2.24, 2.45) is 0 Å². The lowest BCUT2D eigenvalue weighted by Crippen LogP contribution is -1.99. The number of alkyl halides is 2. The molecule has 0 aliphatic carbocycles. The fourth-order valence-corrected chi connectivity index (χ4v) is 0.903. The van der Waals surface area contributed by atoms with Gasteiger partial charge in [0.05, 0.1) is 11.8 Å². The number of halogens is 2. The lowest BCUT2D eigenvalue weighted by Gasteiger charge is -2.07. The highest BCUT2D eigenvalue weighted by Gasteiger charge is 2.17. The van der Waals surface area contributed by atoms with E-state index < -0.39 is 17.7 Å². The highest BCUT2D eigenvalue weighted by Crippen LogP contribution is 2.32. The first-order valence-corrected chi connectivity index (χ1v) is 3.26. The number of aromatic hydroxyl groups is 1. The zero-order chi connectivity index (χ0) is 9.30. The molecule has 1 aromatic rings. The topological polar surface area (TPSA) is 59.1 Å². The molecule has 0 unspecified atom stereocenters. The standard InChI is InChI=1S/C7H8F2N2O/c1-3-5(6(8)9)4(12)2-11-7(3)10/h2,6,12H,1H3,(H2,10,11). The molecule has 1 rings (SSSR count). The van der Waals surface area contributed by atoms with Crippen molar-refractivity contribution in [3.63, 3.8) is 0 Å². The van der Waals surface area contributed by atoms with Gasteiger partial charge in [0.15, 0.2) is 0 Å². The number of anilines is 1. The van der Waals surface area contributed by atoms with Crippen LogP contribution in [0.15, 0.2) is 6.20 Å². The van der Waals surface area contributed by atoms with Gasteiger partial charge in [-0.15, -0.1) is 0 Å². The van der Waals surface area contributed by atoms with Gasteiger partial charge in [-0.2, -0.15) is 0 Å². The van der Waals surface area contributed by atoms with E-state index in [0.29, 0.717) is 0 Å². The van der Waals surface area contributed by atoms with Crippen LogP contribution in [0.3, 0.4) is 0 Å². The van der Waals surface area contributed by atoms with Crippen LogP contribution in [0.2, 0.25) is 0 Å². The quantitative estimate of drug-likeness (QED) is 0.680. The molecule has 12 heavy (non-hydrogen) atoms. The Morgan fingerprint density at radius 3 is 2.58 bits per heavy atom. The van der Waals surface area contributed by atoms with Crippen LogP contribution in [0.25, 0.3) is 0 Å². The molecule has 0 aliphatic rings. The molecule has 1 aromatic heterocycles. The summed E-state index contributed by atoms with van der Waals surface area (Å²) in [6.07, 6.45) is -1.81. The summed E-state index contributed by atoms with van der Waals surface area (Å²) >= 11 is 0. The van der Waals surface area contributed by atoms with Gasteiger partial charge < -0.3 is 10.8 Å². The van der Waals surface area contributed by atoms with Crippen LogP contribution in [0.4, 0.5) is 14.6 Å². The van der Waals surface area contributed by atoms with E-state index in [1.165, 1.54) is 6.92 Å². The van der Waals surface area contributed by atoms with Crippen LogP contribution in [0, 0.1) is 6.92 Å². The molecular weight excluding hydrogens is 166 g/mol. The fraction of sp³-hybridized carbons (Fsp3) is 0.286. The normalized spacial score (nSPS) is 10.7. The van der Waals surface area contributed by atoms with Gasteiger partial charge in [0.2, 0.25) is 0 Å². The van der Waals surface area contributed by atoms with Gasteiger partial charge in [-0.25, -0.2) is 13.8 Å². The Hall–Kier alpha value is -1.39. The Kier molecular flexibility index (Phi) is 2.12. The van der Waals surface area contributed by atoms with Gasteiger partial charge in [0.25, 0.3) is 6.43 Å². The van der Waals surface area contributed by atoms with E-state index >= 15 is 0 Å². The molecule has 0 fully saturated rings. The van der Waals surface area contributed by atoms with E-state index in [2.05, 4.69) is 4.98 Å². The lowest BCUT2D eigenvalue weighted by atomic mass is 10.1. The predicted octanol–water partition coefficient (Wildman–Crippen LogP) is 1.62. The zero-order valence-corrected chi connectivity index (χ0v) is 6.38. The first-order valence-electron chi connectivity index (χ1n) is 3.26. The van der Waals surface area contributed by atoms with Crippen molar-refractivity contribution in [1.29, 1.82) is 0 Å². The minimum atomic E-state index is -2.73.